The number of hydrogen-bond acceptors (Lipinski definition) is 22. The average Bonchev–Trinajstić information content (AvgIpc) is 1.61. The zero-order chi connectivity index (χ0) is 91.2. The number of para-hydroxylation sites is 1. The maximum absolute atomic E-state index is 13.5. The van der Waals surface area contributed by atoms with E-state index in [-0.39, 0.29) is 115 Å². The Balaban J connectivity index is 0.000000230. The van der Waals surface area contributed by atoms with E-state index in [2.05, 4.69) is 56.0 Å². The number of carbonyl (C=O) groups is 9. The SMILES string of the molecule is CC(O)CN.CC1CCCC(=O)O1.CC1CCN(C(=O)OC(C)(C)C)C(=O)O1.CC1CCN(c2cnn3c2CN(C(=O)Cc2cc(F)c(F)c(F)c2)[C@@H](C)C3)C(=O)O1.CC1CN(c2cnn3c2CN(C(=O)OC(C)(C)C)[C@@H](C)C3)C(=O)CO1.C[C@H]1Cn2ncc(I)c2CN1C(=O)OC(C)(C)C.O=C(Nc1cc(F)c(F)c(F)c1)Oc1ccccc1.[Cu][I]. The number of nitrogens with two attached hydrogens (primary N) is 1. The van der Waals surface area contributed by atoms with Crippen LogP contribution >= 0.6 is 42.9 Å². The number of aliphatic hydroxyl groups excluding tert-OH is 1. The Labute approximate surface area is 738 Å². The molecule has 7 aliphatic rings. The number of aromatic nitrogens is 6. The standard InChI is InChI=1S/C20H21F3N4O3.C17H26N4O4.C13H8F3NO2.C12H18IN3O2.C10H17NO4.C6H10O2.C3H9NO.Cu.HI/c1-11-9-27-17(16(8-24-27)25-4-3-12(2)30-20(25)29)10-26(11)18(28)7-13-5-14(21)19(23)15(22)6-13;1-11-7-21-14(9-19(11)16(23)25-17(3,4)5)13(6-18-21)20-8-12(2)24-10-15(20)22;14-10-6-8(7-11(15)12(10)16)17-13(18)19-9-4-2-1-3-5-9;1-8-6-16-10(9(13)5-14-16)7-15(8)11(17)18-12(2,3)4;1-7-5-6-11(8(12)14-7)9(13)15-10(2,3)4;1-5-3-2-4-6(7)8-5;1-3(5)2-4;;/h5-6,8,11-12H,3-4,7,9-10H2,1-2H3;6,11-12H,7-10H2,1-5H3;1-7H,(H,17,18);5,8H,6-7H2,1-4H3;7H,5-6H2,1-4H3;5H,2-4H2,1H3;3,5H,2,4H2,1H3;;1H/q;;;;;;;+1;/p-1/t2*11-,12?;;8-;;;;;/m00.0...../s1. The average molecular weight is 2000 g/mol. The molecule has 122 heavy (non-hydrogen) atoms. The number of hydrogen-bond donors (Lipinski definition) is 3. The van der Waals surface area contributed by atoms with Gasteiger partial charge in [0.1, 0.15) is 41.4 Å². The third-order valence-corrected chi connectivity index (χ3v) is 19.3. The monoisotopic (exact) mass is 2000 g/mol. The van der Waals surface area contributed by atoms with Crippen LogP contribution in [-0.2, 0) is 106 Å². The van der Waals surface area contributed by atoms with Crippen molar-refractivity contribution in [1.29, 1.82) is 0 Å². The van der Waals surface area contributed by atoms with Gasteiger partial charge in [0.25, 0.3) is 5.91 Å². The molecule has 32 nitrogen and oxygen atoms in total. The van der Waals surface area contributed by atoms with E-state index in [0.717, 1.165) is 57.1 Å². The minimum absolute atomic E-state index is 0.0299. The van der Waals surface area contributed by atoms with E-state index in [1.165, 1.54) is 17.0 Å². The molecule has 4 saturated heterocycles. The van der Waals surface area contributed by atoms with Crippen LogP contribution in [0, 0.1) is 38.5 Å². The van der Waals surface area contributed by atoms with Gasteiger partial charge in [0.05, 0.1) is 139 Å². The zero-order valence-corrected chi connectivity index (χ0v) is 76.5. The molecule has 3 aromatic carbocycles. The summed E-state index contributed by atoms with van der Waals surface area (Å²) >= 11 is 8.12. The van der Waals surface area contributed by atoms with E-state index in [0.29, 0.717) is 95.1 Å². The Morgan fingerprint density at radius 2 is 1.02 bits per heavy atom. The van der Waals surface area contributed by atoms with Crippen molar-refractivity contribution in [2.45, 2.75) is 261 Å². The molecule has 4 N–H and O–H groups in total. The number of ether oxygens (including phenoxy) is 8. The predicted octanol–water partition coefficient (Wildman–Crippen LogP) is 14.6. The van der Waals surface area contributed by atoms with Gasteiger partial charge in [0.2, 0.25) is 5.91 Å². The number of nitrogens with one attached hydrogen (secondary N) is 1. The van der Waals surface area contributed by atoms with Gasteiger partial charge in [0.15, 0.2) is 34.9 Å². The number of cyclic esters (lactones) is 3. The molecule has 10 heterocycles. The fourth-order valence-electron chi connectivity index (χ4n) is 12.3. The number of morpholine rings is 1. The van der Waals surface area contributed by atoms with Gasteiger partial charge >= 0.3 is 75.6 Å². The maximum atomic E-state index is 13.5. The molecule has 678 valence electrons. The molecule has 6 aromatic rings. The van der Waals surface area contributed by atoms with E-state index in [4.69, 9.17) is 48.7 Å². The molecule has 7 aliphatic heterocycles. The number of imide groups is 1. The first-order chi connectivity index (χ1) is 57.1. The van der Waals surface area contributed by atoms with Crippen molar-refractivity contribution in [2.24, 2.45) is 5.73 Å². The molecule has 8 amide bonds. The molecular weight excluding hydrogens is 1890 g/mol. The van der Waals surface area contributed by atoms with Gasteiger partial charge in [-0.3, -0.25) is 48.4 Å². The second-order valence-electron chi connectivity index (χ2n) is 32.5. The van der Waals surface area contributed by atoms with Crippen LogP contribution in [0.1, 0.15) is 172 Å². The topological polar surface area (TPSA) is 359 Å². The zero-order valence-electron chi connectivity index (χ0n) is 71.2. The number of anilines is 3. The van der Waals surface area contributed by atoms with Crippen molar-refractivity contribution in [3.05, 3.63) is 134 Å². The quantitative estimate of drug-likeness (QED) is 0.0334. The Bertz CT molecular complexity index is 4520. The number of carbonyl (C=O) groups excluding carboxylic acids is 9. The molecule has 4 fully saturated rings. The first kappa shape index (κ1) is 102. The number of amides is 8. The fourth-order valence-corrected chi connectivity index (χ4v) is 12.9. The van der Waals surface area contributed by atoms with E-state index in [1.54, 1.807) is 110 Å². The second kappa shape index (κ2) is 46.1. The Morgan fingerprint density at radius 3 is 1.48 bits per heavy atom. The van der Waals surface area contributed by atoms with E-state index >= 15 is 0 Å². The van der Waals surface area contributed by atoms with Crippen molar-refractivity contribution in [2.75, 3.05) is 47.9 Å². The molecular formula is C81H109CuF6I2N14O18. The molecule has 0 saturated carbocycles. The molecule has 3 aromatic heterocycles. The first-order valence-electron chi connectivity index (χ1n) is 39.3. The van der Waals surface area contributed by atoms with E-state index in [9.17, 15) is 69.5 Å². The van der Waals surface area contributed by atoms with Crippen molar-refractivity contribution in [3.63, 3.8) is 0 Å². The van der Waals surface area contributed by atoms with Crippen LogP contribution in [-0.4, -0.2) is 207 Å². The molecule has 41 heteroatoms. The summed E-state index contributed by atoms with van der Waals surface area (Å²) in [6, 6.07) is 10.9. The van der Waals surface area contributed by atoms with Crippen molar-refractivity contribution < 1.29 is 125 Å². The van der Waals surface area contributed by atoms with Gasteiger partial charge in [-0.2, -0.15) is 15.3 Å². The Hall–Kier alpha value is -9.04. The number of benzene rings is 3. The number of esters is 1. The Morgan fingerprint density at radius 1 is 0.582 bits per heavy atom. The van der Waals surface area contributed by atoms with Crippen molar-refractivity contribution in [1.82, 2.24) is 48.9 Å². The summed E-state index contributed by atoms with van der Waals surface area (Å²) in [5, 5.41) is 23.4. The van der Waals surface area contributed by atoms with Gasteiger partial charge in [0, 0.05) is 57.1 Å². The normalized spacial score (nSPS) is 20.1. The van der Waals surface area contributed by atoms with Crippen LogP contribution in [0.3, 0.4) is 0 Å². The molecule has 0 spiro atoms. The van der Waals surface area contributed by atoms with Gasteiger partial charge in [-0.25, -0.2) is 60.0 Å². The van der Waals surface area contributed by atoms with Crippen LogP contribution in [0.4, 0.5) is 72.2 Å². The molecule has 0 bridgehead atoms. The molecule has 0 radical (unpaired) electrons. The number of aliphatic hydroxyl groups is 1. The van der Waals surface area contributed by atoms with E-state index in [1.807, 2.05) is 98.6 Å². The summed E-state index contributed by atoms with van der Waals surface area (Å²) in [5.74, 6) is -8.82. The molecule has 8 atom stereocenters. The van der Waals surface area contributed by atoms with Crippen LogP contribution in [0.5, 0.6) is 5.75 Å². The van der Waals surface area contributed by atoms with Crippen molar-refractivity contribution in [3.8, 4) is 5.75 Å². The number of rotatable bonds is 7. The van der Waals surface area contributed by atoms with Crippen LogP contribution in [0.2, 0.25) is 0 Å². The molecule has 5 unspecified atom stereocenters. The third kappa shape index (κ3) is 31.0. The number of halogens is 8. The van der Waals surface area contributed by atoms with Gasteiger partial charge in [-0.15, -0.1) is 0 Å². The number of fused-ring (bicyclic) bond motifs is 3. The predicted molar refractivity (Wildman–Crippen MR) is 448 cm³/mol. The van der Waals surface area contributed by atoms with Crippen molar-refractivity contribution >= 4 is 114 Å². The number of nitrogens with zero attached hydrogens (tertiary/aromatic N) is 12. The van der Waals surface area contributed by atoms with Crippen LogP contribution < -0.4 is 25.6 Å². The minimum atomic E-state index is -1.60. The molecule has 13 rings (SSSR count). The third-order valence-electron chi connectivity index (χ3n) is 18.4. The van der Waals surface area contributed by atoms with Gasteiger partial charge in [-0.05, 0) is 183 Å². The van der Waals surface area contributed by atoms with Gasteiger partial charge in [-0.1, -0.05) is 18.2 Å². The Kier molecular flexibility index (Phi) is 38.4. The van der Waals surface area contributed by atoms with Crippen LogP contribution in [0.15, 0.2) is 73.2 Å². The summed E-state index contributed by atoms with van der Waals surface area (Å²) in [6.07, 6.45) is 5.07. The first-order valence-corrected chi connectivity index (χ1v) is 43.4. The summed E-state index contributed by atoms with van der Waals surface area (Å²) in [6.45, 7) is 36.0. The summed E-state index contributed by atoms with van der Waals surface area (Å²) in [7, 11) is 0. The summed E-state index contributed by atoms with van der Waals surface area (Å²) in [4.78, 5) is 116. The summed E-state index contributed by atoms with van der Waals surface area (Å²) in [5.41, 5.74) is 7.08. The molecule has 0 aliphatic carbocycles. The van der Waals surface area contributed by atoms with Gasteiger partial charge < -0.3 is 58.5 Å². The summed E-state index contributed by atoms with van der Waals surface area (Å²) < 4.78 is 127. The van der Waals surface area contributed by atoms with Crippen LogP contribution in [0.25, 0.3) is 0 Å². The van der Waals surface area contributed by atoms with E-state index < -0.39 is 76.1 Å². The fraction of sp³-hybridized carbons (Fsp3) is 0.556. The second-order valence-corrected chi connectivity index (χ2v) is 33.7.